The minimum absolute atomic E-state index is 0.108. The van der Waals surface area contributed by atoms with Gasteiger partial charge in [-0.3, -0.25) is 4.79 Å². The van der Waals surface area contributed by atoms with Gasteiger partial charge in [0.15, 0.2) is 0 Å². The van der Waals surface area contributed by atoms with Crippen LogP contribution in [0.5, 0.6) is 0 Å². The largest absolute Gasteiger partial charge is 0.362 e. The van der Waals surface area contributed by atoms with E-state index in [-0.39, 0.29) is 17.3 Å². The zero-order valence-electron chi connectivity index (χ0n) is 15.8. The van der Waals surface area contributed by atoms with E-state index in [0.29, 0.717) is 18.8 Å². The third kappa shape index (κ3) is 3.91. The number of sulfonamides is 1. The molecule has 2 aliphatic heterocycles. The summed E-state index contributed by atoms with van der Waals surface area (Å²) in [6.45, 7) is 2.28. The molecule has 0 radical (unpaired) electrons. The second-order valence-electron chi connectivity index (χ2n) is 7.34. The summed E-state index contributed by atoms with van der Waals surface area (Å²) in [6, 6.07) is 14.6. The molecule has 2 aromatic carbocycles. The van der Waals surface area contributed by atoms with Crippen molar-refractivity contribution in [2.75, 3.05) is 36.4 Å². The highest BCUT2D eigenvalue weighted by atomic mass is 32.2. The first-order chi connectivity index (χ1) is 13.5. The van der Waals surface area contributed by atoms with E-state index in [1.54, 1.807) is 28.6 Å². The van der Waals surface area contributed by atoms with Gasteiger partial charge in [-0.1, -0.05) is 24.6 Å². The predicted molar refractivity (Wildman–Crippen MR) is 110 cm³/mol. The molecule has 2 aliphatic rings. The number of carbonyl (C=O) groups is 1. The van der Waals surface area contributed by atoms with Gasteiger partial charge in [-0.15, -0.1) is 0 Å². The van der Waals surface area contributed by atoms with Crippen molar-refractivity contribution in [3.63, 3.8) is 0 Å². The summed E-state index contributed by atoms with van der Waals surface area (Å²) < 4.78 is 26.9. The van der Waals surface area contributed by atoms with Crippen LogP contribution in [0.1, 0.15) is 24.8 Å². The molecule has 7 heteroatoms. The first kappa shape index (κ1) is 19.0. The number of anilines is 2. The van der Waals surface area contributed by atoms with Crippen LogP contribution in [-0.4, -0.2) is 44.8 Å². The summed E-state index contributed by atoms with van der Waals surface area (Å²) in [7, 11) is -3.45. The normalized spacial score (nSPS) is 17.4. The predicted octanol–water partition coefficient (Wildman–Crippen LogP) is 2.86. The quantitative estimate of drug-likeness (QED) is 0.839. The van der Waals surface area contributed by atoms with Gasteiger partial charge in [0.25, 0.3) is 0 Å². The van der Waals surface area contributed by atoms with Crippen molar-refractivity contribution in [1.82, 2.24) is 4.31 Å². The Morgan fingerprint density at radius 3 is 2.39 bits per heavy atom. The van der Waals surface area contributed by atoms with Crippen molar-refractivity contribution in [1.29, 1.82) is 0 Å². The molecule has 1 N–H and O–H groups in total. The molecule has 0 spiro atoms. The van der Waals surface area contributed by atoms with Crippen LogP contribution >= 0.6 is 0 Å². The monoisotopic (exact) mass is 399 g/mol. The van der Waals surface area contributed by atoms with E-state index in [1.807, 2.05) is 18.2 Å². The number of para-hydroxylation sites is 1. The first-order valence-corrected chi connectivity index (χ1v) is 11.2. The second kappa shape index (κ2) is 7.93. The zero-order valence-corrected chi connectivity index (χ0v) is 16.6. The Bertz CT molecular complexity index is 951. The molecule has 2 aromatic rings. The molecular weight excluding hydrogens is 374 g/mol. The number of nitrogens with zero attached hydrogens (tertiary/aromatic N) is 2. The van der Waals surface area contributed by atoms with Crippen LogP contribution in [0.15, 0.2) is 53.4 Å². The Morgan fingerprint density at radius 2 is 1.64 bits per heavy atom. The van der Waals surface area contributed by atoms with Crippen LogP contribution in [0.4, 0.5) is 11.4 Å². The fourth-order valence-corrected chi connectivity index (χ4v) is 5.43. The summed E-state index contributed by atoms with van der Waals surface area (Å²) in [5.74, 6) is -0.108. The summed E-state index contributed by atoms with van der Waals surface area (Å²) in [5, 5.41) is 2.87. The van der Waals surface area contributed by atoms with Crippen molar-refractivity contribution in [2.45, 2.75) is 30.6 Å². The summed E-state index contributed by atoms with van der Waals surface area (Å²) in [5.41, 5.74) is 2.98. The van der Waals surface area contributed by atoms with E-state index < -0.39 is 10.0 Å². The van der Waals surface area contributed by atoms with E-state index in [0.717, 1.165) is 37.9 Å². The number of piperidine rings is 1. The Kier molecular flexibility index (Phi) is 5.37. The lowest BCUT2D eigenvalue weighted by molar-refractivity contribution is -0.115. The van der Waals surface area contributed by atoms with Gasteiger partial charge in [0.2, 0.25) is 15.9 Å². The smallest absolute Gasteiger partial charge is 0.243 e. The fourth-order valence-electron chi connectivity index (χ4n) is 3.91. The summed E-state index contributed by atoms with van der Waals surface area (Å²) in [6.07, 6.45) is 3.85. The molecule has 1 fully saturated rings. The number of nitrogens with one attached hydrogen (secondary N) is 1. The minimum Gasteiger partial charge on any atom is -0.362 e. The highest BCUT2D eigenvalue weighted by molar-refractivity contribution is 7.89. The van der Waals surface area contributed by atoms with Crippen molar-refractivity contribution in [3.8, 4) is 0 Å². The standard InChI is InChI=1S/C21H25N3O3S/c25-21(16-23-15-12-17-6-2-3-7-20(17)23)22-18-8-10-19(11-9-18)28(26,27)24-13-4-1-5-14-24/h2-3,6-11H,1,4-5,12-16H2,(H,22,25). The summed E-state index contributed by atoms with van der Waals surface area (Å²) >= 11 is 0. The Labute approximate surface area is 166 Å². The van der Waals surface area contributed by atoms with Gasteiger partial charge in [0.1, 0.15) is 0 Å². The third-order valence-corrected chi connectivity index (χ3v) is 7.32. The van der Waals surface area contributed by atoms with E-state index in [4.69, 9.17) is 0 Å². The minimum atomic E-state index is -3.45. The van der Waals surface area contributed by atoms with Crippen LogP contribution in [-0.2, 0) is 21.2 Å². The second-order valence-corrected chi connectivity index (χ2v) is 9.28. The highest BCUT2D eigenvalue weighted by Crippen LogP contribution is 2.27. The maximum Gasteiger partial charge on any atom is 0.243 e. The molecule has 0 bridgehead atoms. The van der Waals surface area contributed by atoms with E-state index in [1.165, 1.54) is 5.56 Å². The van der Waals surface area contributed by atoms with Crippen molar-refractivity contribution < 1.29 is 13.2 Å². The molecule has 2 heterocycles. The van der Waals surface area contributed by atoms with Crippen molar-refractivity contribution in [3.05, 3.63) is 54.1 Å². The lowest BCUT2D eigenvalue weighted by atomic mass is 10.2. The van der Waals surface area contributed by atoms with Gasteiger partial charge in [-0.25, -0.2) is 8.42 Å². The number of fused-ring (bicyclic) bond motifs is 1. The SMILES string of the molecule is O=C(CN1CCc2ccccc21)Nc1ccc(S(=O)(=O)N2CCCCC2)cc1. The Morgan fingerprint density at radius 1 is 0.929 bits per heavy atom. The van der Waals surface area contributed by atoms with Gasteiger partial charge in [0.05, 0.1) is 11.4 Å². The lowest BCUT2D eigenvalue weighted by Crippen LogP contribution is -2.35. The topological polar surface area (TPSA) is 69.7 Å². The molecule has 1 saturated heterocycles. The van der Waals surface area contributed by atoms with Gasteiger partial charge >= 0.3 is 0 Å². The van der Waals surface area contributed by atoms with Gasteiger partial charge < -0.3 is 10.2 Å². The van der Waals surface area contributed by atoms with Crippen LogP contribution in [0.3, 0.4) is 0 Å². The number of rotatable bonds is 5. The van der Waals surface area contributed by atoms with Gasteiger partial charge in [-0.2, -0.15) is 4.31 Å². The molecule has 4 rings (SSSR count). The van der Waals surface area contributed by atoms with E-state index in [9.17, 15) is 13.2 Å². The van der Waals surface area contributed by atoms with Gasteiger partial charge in [-0.05, 0) is 55.2 Å². The van der Waals surface area contributed by atoms with Gasteiger partial charge in [0, 0.05) is 31.0 Å². The molecule has 0 aromatic heterocycles. The highest BCUT2D eigenvalue weighted by Gasteiger charge is 2.26. The third-order valence-electron chi connectivity index (χ3n) is 5.41. The lowest BCUT2D eigenvalue weighted by Gasteiger charge is -2.25. The number of hydrogen-bond donors (Lipinski definition) is 1. The Balaban J connectivity index is 1.39. The molecule has 6 nitrogen and oxygen atoms in total. The number of amides is 1. The van der Waals surface area contributed by atoms with Crippen LogP contribution in [0.25, 0.3) is 0 Å². The molecule has 0 unspecified atom stereocenters. The van der Waals surface area contributed by atoms with E-state index in [2.05, 4.69) is 16.3 Å². The molecule has 1 amide bonds. The average Bonchev–Trinajstić information content (AvgIpc) is 3.12. The molecule has 0 aliphatic carbocycles. The molecule has 0 atom stereocenters. The number of benzene rings is 2. The number of hydrogen-bond acceptors (Lipinski definition) is 4. The van der Waals surface area contributed by atoms with Crippen LogP contribution in [0, 0.1) is 0 Å². The zero-order chi connectivity index (χ0) is 19.6. The van der Waals surface area contributed by atoms with Crippen LogP contribution in [0.2, 0.25) is 0 Å². The average molecular weight is 400 g/mol. The molecule has 148 valence electrons. The van der Waals surface area contributed by atoms with Crippen molar-refractivity contribution in [2.24, 2.45) is 0 Å². The molecule has 28 heavy (non-hydrogen) atoms. The maximum atomic E-state index is 12.7. The van der Waals surface area contributed by atoms with Crippen LogP contribution < -0.4 is 10.2 Å². The van der Waals surface area contributed by atoms with Crippen molar-refractivity contribution >= 4 is 27.3 Å². The maximum absolute atomic E-state index is 12.7. The summed E-state index contributed by atoms with van der Waals surface area (Å²) in [4.78, 5) is 14.8. The Hall–Kier alpha value is -2.38. The molecule has 0 saturated carbocycles. The fraction of sp³-hybridized carbons (Fsp3) is 0.381. The number of carbonyl (C=O) groups excluding carboxylic acids is 1. The van der Waals surface area contributed by atoms with E-state index >= 15 is 0 Å². The molecular formula is C21H25N3O3S. The first-order valence-electron chi connectivity index (χ1n) is 9.77.